The van der Waals surface area contributed by atoms with Gasteiger partial charge in [0.15, 0.2) is 0 Å². The van der Waals surface area contributed by atoms with Gasteiger partial charge in [-0.15, -0.1) is 0 Å². The Morgan fingerprint density at radius 3 is 2.65 bits per heavy atom. The monoisotopic (exact) mass is 353 g/mol. The zero-order valence-electron chi connectivity index (χ0n) is 15.5. The molecule has 1 saturated heterocycles. The average Bonchev–Trinajstić information content (AvgIpc) is 2.64. The van der Waals surface area contributed by atoms with Crippen molar-refractivity contribution in [2.45, 2.75) is 39.2 Å². The smallest absolute Gasteiger partial charge is 0.255 e. The summed E-state index contributed by atoms with van der Waals surface area (Å²) in [6.45, 7) is 5.80. The maximum atomic E-state index is 12.4. The summed E-state index contributed by atoms with van der Waals surface area (Å²) in [6.07, 6.45) is 3.66. The molecule has 5 nitrogen and oxygen atoms in total. The van der Waals surface area contributed by atoms with Crippen LogP contribution in [0.25, 0.3) is 0 Å². The van der Waals surface area contributed by atoms with Crippen molar-refractivity contribution < 1.29 is 9.53 Å². The Balaban J connectivity index is 1.70. The van der Waals surface area contributed by atoms with Crippen molar-refractivity contribution in [2.24, 2.45) is 0 Å². The van der Waals surface area contributed by atoms with Gasteiger partial charge < -0.3 is 20.7 Å². The van der Waals surface area contributed by atoms with Crippen molar-refractivity contribution in [3.8, 4) is 5.75 Å². The molecule has 0 bridgehead atoms. The highest BCUT2D eigenvalue weighted by Gasteiger charge is 2.20. The minimum atomic E-state index is -0.161. The lowest BCUT2D eigenvalue weighted by atomic mass is 10.0. The second-order valence-electron chi connectivity index (χ2n) is 6.72. The van der Waals surface area contributed by atoms with Crippen LogP contribution < -0.4 is 20.7 Å². The van der Waals surface area contributed by atoms with Crippen molar-refractivity contribution in [3.05, 3.63) is 48.0 Å². The largest absolute Gasteiger partial charge is 0.494 e. The predicted octanol–water partition coefficient (Wildman–Crippen LogP) is 4.30. The summed E-state index contributed by atoms with van der Waals surface area (Å²) in [5, 5.41) is 2.91. The number of anilines is 3. The van der Waals surface area contributed by atoms with Crippen molar-refractivity contribution in [1.29, 1.82) is 0 Å². The van der Waals surface area contributed by atoms with Crippen LogP contribution in [-0.4, -0.2) is 25.1 Å². The molecule has 26 heavy (non-hydrogen) atoms. The van der Waals surface area contributed by atoms with Gasteiger partial charge in [-0.25, -0.2) is 0 Å². The number of nitrogen functional groups attached to an aromatic ring is 1. The van der Waals surface area contributed by atoms with E-state index in [0.29, 0.717) is 29.6 Å². The van der Waals surface area contributed by atoms with Crippen LogP contribution in [-0.2, 0) is 0 Å². The SMILES string of the molecule is CCOc1ccc(C(=O)Nc2ccc(N3CCCC[C@@H]3C)c(N)c2)cc1. The summed E-state index contributed by atoms with van der Waals surface area (Å²) < 4.78 is 5.40. The van der Waals surface area contributed by atoms with E-state index in [-0.39, 0.29) is 5.91 Å². The van der Waals surface area contributed by atoms with Crippen LogP contribution in [0.15, 0.2) is 42.5 Å². The molecule has 1 aliphatic rings. The van der Waals surface area contributed by atoms with Crippen molar-refractivity contribution in [1.82, 2.24) is 0 Å². The third kappa shape index (κ3) is 4.10. The van der Waals surface area contributed by atoms with E-state index in [4.69, 9.17) is 10.5 Å². The first-order valence-electron chi connectivity index (χ1n) is 9.29. The normalized spacial score (nSPS) is 17.0. The van der Waals surface area contributed by atoms with Crippen LogP contribution in [0.3, 0.4) is 0 Å². The number of hydrogen-bond acceptors (Lipinski definition) is 4. The highest BCUT2D eigenvalue weighted by atomic mass is 16.5. The standard InChI is InChI=1S/C21H27N3O2/c1-3-26-18-10-7-16(8-11-18)21(25)23-17-9-12-20(19(22)14-17)24-13-5-4-6-15(24)2/h7-12,14-15H,3-6,13,22H2,1-2H3,(H,23,25)/t15-/m0/s1. The molecule has 0 aromatic heterocycles. The Morgan fingerprint density at radius 1 is 1.23 bits per heavy atom. The Hall–Kier alpha value is -2.69. The zero-order valence-corrected chi connectivity index (χ0v) is 15.5. The van der Waals surface area contributed by atoms with Gasteiger partial charge in [0.25, 0.3) is 5.91 Å². The number of nitrogens with one attached hydrogen (secondary N) is 1. The van der Waals surface area contributed by atoms with Crippen LogP contribution >= 0.6 is 0 Å². The van der Waals surface area contributed by atoms with Crippen molar-refractivity contribution in [2.75, 3.05) is 29.1 Å². The van der Waals surface area contributed by atoms with Crippen molar-refractivity contribution >= 4 is 23.0 Å². The number of hydrogen-bond donors (Lipinski definition) is 2. The molecule has 3 N–H and O–H groups in total. The highest BCUT2D eigenvalue weighted by Crippen LogP contribution is 2.31. The van der Waals surface area contributed by atoms with E-state index in [1.165, 1.54) is 19.3 Å². The van der Waals surface area contributed by atoms with Crippen LogP contribution in [0, 0.1) is 0 Å². The van der Waals surface area contributed by atoms with E-state index in [2.05, 4.69) is 17.1 Å². The van der Waals surface area contributed by atoms with Gasteiger partial charge in [0, 0.05) is 23.8 Å². The van der Waals surface area contributed by atoms with Gasteiger partial charge in [0.05, 0.1) is 18.0 Å². The second kappa shape index (κ2) is 8.13. The quantitative estimate of drug-likeness (QED) is 0.787. The molecule has 1 atom stereocenters. The average molecular weight is 353 g/mol. The van der Waals surface area contributed by atoms with E-state index < -0.39 is 0 Å². The molecule has 1 heterocycles. The molecule has 1 amide bonds. The molecular formula is C21H27N3O2. The summed E-state index contributed by atoms with van der Waals surface area (Å²) >= 11 is 0. The van der Waals surface area contributed by atoms with E-state index in [1.807, 2.05) is 25.1 Å². The van der Waals surface area contributed by atoms with E-state index in [9.17, 15) is 4.79 Å². The van der Waals surface area contributed by atoms with E-state index in [0.717, 1.165) is 18.0 Å². The van der Waals surface area contributed by atoms with Crippen molar-refractivity contribution in [3.63, 3.8) is 0 Å². The fraction of sp³-hybridized carbons (Fsp3) is 0.381. The molecule has 2 aromatic carbocycles. The first kappa shape index (κ1) is 18.1. The molecule has 0 aliphatic carbocycles. The van der Waals surface area contributed by atoms with Crippen LogP contribution in [0.4, 0.5) is 17.1 Å². The molecule has 1 aliphatic heterocycles. The summed E-state index contributed by atoms with van der Waals surface area (Å²) in [5.74, 6) is 0.597. The Kier molecular flexibility index (Phi) is 5.66. The lowest BCUT2D eigenvalue weighted by Crippen LogP contribution is -2.37. The predicted molar refractivity (Wildman–Crippen MR) is 107 cm³/mol. The number of rotatable bonds is 5. The summed E-state index contributed by atoms with van der Waals surface area (Å²) in [6, 6.07) is 13.4. The minimum Gasteiger partial charge on any atom is -0.494 e. The first-order valence-corrected chi connectivity index (χ1v) is 9.29. The molecule has 5 heteroatoms. The van der Waals surface area contributed by atoms with Gasteiger partial charge in [-0.05, 0) is 75.6 Å². The van der Waals surface area contributed by atoms with Gasteiger partial charge in [0.2, 0.25) is 0 Å². The number of piperidine rings is 1. The molecule has 2 aromatic rings. The third-order valence-corrected chi connectivity index (χ3v) is 4.83. The van der Waals surface area contributed by atoms with E-state index >= 15 is 0 Å². The number of amides is 1. The number of benzene rings is 2. The molecule has 0 saturated carbocycles. The molecule has 0 spiro atoms. The number of carbonyl (C=O) groups excluding carboxylic acids is 1. The first-order chi connectivity index (χ1) is 12.6. The zero-order chi connectivity index (χ0) is 18.5. The van der Waals surface area contributed by atoms with Gasteiger partial charge in [-0.1, -0.05) is 0 Å². The number of nitrogens with two attached hydrogens (primary N) is 1. The topological polar surface area (TPSA) is 67.6 Å². The van der Waals surface area contributed by atoms with Gasteiger partial charge in [-0.3, -0.25) is 4.79 Å². The lowest BCUT2D eigenvalue weighted by Gasteiger charge is -2.36. The molecule has 138 valence electrons. The van der Waals surface area contributed by atoms with E-state index in [1.54, 1.807) is 24.3 Å². The maximum Gasteiger partial charge on any atom is 0.255 e. The number of carbonyl (C=O) groups is 1. The van der Waals surface area contributed by atoms with Crippen LogP contribution in [0.2, 0.25) is 0 Å². The Labute approximate surface area is 155 Å². The van der Waals surface area contributed by atoms with Gasteiger partial charge in [0.1, 0.15) is 5.75 Å². The second-order valence-corrected chi connectivity index (χ2v) is 6.72. The van der Waals surface area contributed by atoms with Crippen LogP contribution in [0.5, 0.6) is 5.75 Å². The minimum absolute atomic E-state index is 0.161. The number of nitrogens with zero attached hydrogens (tertiary/aromatic N) is 1. The van der Waals surface area contributed by atoms with Gasteiger partial charge >= 0.3 is 0 Å². The summed E-state index contributed by atoms with van der Waals surface area (Å²) in [7, 11) is 0. The number of ether oxygens (including phenoxy) is 1. The van der Waals surface area contributed by atoms with Gasteiger partial charge in [-0.2, -0.15) is 0 Å². The fourth-order valence-corrected chi connectivity index (χ4v) is 3.42. The molecular weight excluding hydrogens is 326 g/mol. The summed E-state index contributed by atoms with van der Waals surface area (Å²) in [5.41, 5.74) is 9.31. The molecule has 0 unspecified atom stereocenters. The Morgan fingerprint density at radius 2 is 2.00 bits per heavy atom. The Bertz CT molecular complexity index is 758. The third-order valence-electron chi connectivity index (χ3n) is 4.83. The lowest BCUT2D eigenvalue weighted by molar-refractivity contribution is 0.102. The molecule has 0 radical (unpaired) electrons. The maximum absolute atomic E-state index is 12.4. The summed E-state index contributed by atoms with van der Waals surface area (Å²) in [4.78, 5) is 14.8. The van der Waals surface area contributed by atoms with Crippen LogP contribution in [0.1, 0.15) is 43.5 Å². The fourth-order valence-electron chi connectivity index (χ4n) is 3.42. The highest BCUT2D eigenvalue weighted by molar-refractivity contribution is 6.04. The molecule has 1 fully saturated rings. The molecule has 3 rings (SSSR count).